The van der Waals surface area contributed by atoms with Gasteiger partial charge in [0.05, 0.1) is 0 Å². The third-order valence-electron chi connectivity index (χ3n) is 5.21. The lowest BCUT2D eigenvalue weighted by atomic mass is 9.89. The van der Waals surface area contributed by atoms with E-state index in [0.29, 0.717) is 29.6 Å². The molecule has 1 saturated heterocycles. The molecular weight excluding hydrogens is 294 g/mol. The quantitative estimate of drug-likeness (QED) is 0.886. The van der Waals surface area contributed by atoms with Crippen LogP contribution in [0.25, 0.3) is 5.65 Å². The lowest BCUT2D eigenvalue weighted by Crippen LogP contribution is -2.38. The fourth-order valence-corrected chi connectivity index (χ4v) is 3.91. The summed E-state index contributed by atoms with van der Waals surface area (Å²) < 4.78 is 1.58. The summed E-state index contributed by atoms with van der Waals surface area (Å²) in [5.74, 6) is 0.957. The first-order valence-electron chi connectivity index (χ1n) is 7.96. The Morgan fingerprint density at radius 2 is 2.17 bits per heavy atom. The van der Waals surface area contributed by atoms with Crippen molar-refractivity contribution in [2.24, 2.45) is 11.8 Å². The average Bonchev–Trinajstić information content (AvgIpc) is 3.18. The minimum Gasteiger partial charge on any atom is -0.356 e. The number of hydrogen-bond acceptors (Lipinski definition) is 4. The number of aromatic nitrogens is 3. The Morgan fingerprint density at radius 3 is 3.04 bits per heavy atom. The standard InChI is InChI=1S/C16H19N5O2/c1-20(12-5-10-7-15(22)17-8-11(10)6-12)16(23)13-3-2-4-14-18-9-19-21(13)14/h2-4,9-12H,5-8H2,1H3,(H,17,22)/t10-,11+,12-/m0/s1. The third-order valence-corrected chi connectivity index (χ3v) is 5.21. The molecule has 3 atom stereocenters. The summed E-state index contributed by atoms with van der Waals surface area (Å²) in [7, 11) is 1.84. The minimum atomic E-state index is -0.0518. The normalized spacial score (nSPS) is 26.8. The van der Waals surface area contributed by atoms with E-state index in [4.69, 9.17) is 0 Å². The molecule has 1 aliphatic heterocycles. The van der Waals surface area contributed by atoms with E-state index in [2.05, 4.69) is 15.4 Å². The van der Waals surface area contributed by atoms with Crippen molar-refractivity contribution in [1.29, 1.82) is 0 Å². The molecule has 0 spiro atoms. The summed E-state index contributed by atoms with van der Waals surface area (Å²) in [5, 5.41) is 7.06. The van der Waals surface area contributed by atoms with Crippen LogP contribution in [0.15, 0.2) is 24.5 Å². The van der Waals surface area contributed by atoms with Gasteiger partial charge in [-0.25, -0.2) is 9.50 Å². The number of rotatable bonds is 2. The zero-order valence-corrected chi connectivity index (χ0v) is 13.0. The van der Waals surface area contributed by atoms with Crippen LogP contribution in [0.1, 0.15) is 29.8 Å². The van der Waals surface area contributed by atoms with Gasteiger partial charge in [0.25, 0.3) is 5.91 Å². The molecule has 0 bridgehead atoms. The Bertz CT molecular complexity index is 771. The molecule has 3 heterocycles. The van der Waals surface area contributed by atoms with Crippen LogP contribution in [0, 0.1) is 11.8 Å². The molecule has 2 aromatic rings. The predicted molar refractivity (Wildman–Crippen MR) is 82.7 cm³/mol. The SMILES string of the molecule is CN(C(=O)c1cccc2ncnn12)[C@H]1C[C@H]2CC(=O)NC[C@H]2C1. The summed E-state index contributed by atoms with van der Waals surface area (Å²) in [6, 6.07) is 5.59. The van der Waals surface area contributed by atoms with Gasteiger partial charge in [-0.3, -0.25) is 9.59 Å². The van der Waals surface area contributed by atoms with Crippen molar-refractivity contribution >= 4 is 17.5 Å². The second-order valence-electron chi connectivity index (χ2n) is 6.51. The van der Waals surface area contributed by atoms with E-state index in [-0.39, 0.29) is 17.9 Å². The van der Waals surface area contributed by atoms with Gasteiger partial charge in [0.1, 0.15) is 12.0 Å². The van der Waals surface area contributed by atoms with E-state index in [9.17, 15) is 9.59 Å². The molecule has 0 radical (unpaired) electrons. The van der Waals surface area contributed by atoms with E-state index in [0.717, 1.165) is 19.4 Å². The van der Waals surface area contributed by atoms with Gasteiger partial charge >= 0.3 is 0 Å². The number of nitrogens with one attached hydrogen (secondary N) is 1. The van der Waals surface area contributed by atoms with Crippen molar-refractivity contribution < 1.29 is 9.59 Å². The molecule has 1 aliphatic carbocycles. The molecule has 120 valence electrons. The molecule has 1 saturated carbocycles. The van der Waals surface area contributed by atoms with Crippen LogP contribution >= 0.6 is 0 Å². The number of pyridine rings is 1. The molecule has 2 aliphatic rings. The number of carbonyl (C=O) groups excluding carboxylic acids is 2. The van der Waals surface area contributed by atoms with Crippen LogP contribution in [0.4, 0.5) is 0 Å². The second kappa shape index (κ2) is 5.33. The fraction of sp³-hybridized carbons (Fsp3) is 0.500. The molecule has 7 nitrogen and oxygen atoms in total. The third kappa shape index (κ3) is 2.36. The maximum atomic E-state index is 12.9. The average molecular weight is 313 g/mol. The molecule has 0 aromatic carbocycles. The summed E-state index contributed by atoms with van der Waals surface area (Å²) in [5.41, 5.74) is 1.19. The van der Waals surface area contributed by atoms with Crippen molar-refractivity contribution in [2.45, 2.75) is 25.3 Å². The molecule has 2 aromatic heterocycles. The molecule has 23 heavy (non-hydrogen) atoms. The van der Waals surface area contributed by atoms with Crippen molar-refractivity contribution in [1.82, 2.24) is 24.8 Å². The number of carbonyl (C=O) groups is 2. The molecule has 2 fully saturated rings. The maximum Gasteiger partial charge on any atom is 0.272 e. The molecule has 4 rings (SSSR count). The van der Waals surface area contributed by atoms with Gasteiger partial charge in [0.15, 0.2) is 5.65 Å². The predicted octanol–water partition coefficient (Wildman–Crippen LogP) is 0.716. The van der Waals surface area contributed by atoms with Gasteiger partial charge in [-0.2, -0.15) is 5.10 Å². The Kier molecular flexibility index (Phi) is 3.28. The maximum absolute atomic E-state index is 12.9. The Morgan fingerprint density at radius 1 is 1.35 bits per heavy atom. The van der Waals surface area contributed by atoms with E-state index in [1.165, 1.54) is 6.33 Å². The van der Waals surface area contributed by atoms with Crippen LogP contribution in [0.3, 0.4) is 0 Å². The Balaban J connectivity index is 1.55. The van der Waals surface area contributed by atoms with Gasteiger partial charge in [0, 0.05) is 26.1 Å². The van der Waals surface area contributed by atoms with E-state index in [1.54, 1.807) is 15.5 Å². The summed E-state index contributed by atoms with van der Waals surface area (Å²) in [6.45, 7) is 0.737. The lowest BCUT2D eigenvalue weighted by Gasteiger charge is -2.25. The van der Waals surface area contributed by atoms with E-state index in [1.807, 2.05) is 19.2 Å². The number of hydrogen-bond donors (Lipinski definition) is 1. The summed E-state index contributed by atoms with van der Waals surface area (Å²) in [4.78, 5) is 30.3. The van der Waals surface area contributed by atoms with Crippen molar-refractivity contribution in [2.75, 3.05) is 13.6 Å². The molecule has 1 N–H and O–H groups in total. The van der Waals surface area contributed by atoms with Gasteiger partial charge in [-0.1, -0.05) is 6.07 Å². The smallest absolute Gasteiger partial charge is 0.272 e. The topological polar surface area (TPSA) is 79.6 Å². The van der Waals surface area contributed by atoms with E-state index < -0.39 is 0 Å². The first-order valence-corrected chi connectivity index (χ1v) is 7.96. The van der Waals surface area contributed by atoms with Gasteiger partial charge in [0.2, 0.25) is 5.91 Å². The fourth-order valence-electron chi connectivity index (χ4n) is 3.91. The largest absolute Gasteiger partial charge is 0.356 e. The summed E-state index contributed by atoms with van der Waals surface area (Å²) in [6.07, 6.45) is 3.88. The second-order valence-corrected chi connectivity index (χ2v) is 6.51. The highest BCUT2D eigenvalue weighted by atomic mass is 16.2. The van der Waals surface area contributed by atoms with Crippen LogP contribution < -0.4 is 5.32 Å². The molecule has 0 unspecified atom stereocenters. The van der Waals surface area contributed by atoms with Crippen molar-refractivity contribution in [3.8, 4) is 0 Å². The number of fused-ring (bicyclic) bond motifs is 2. The Hall–Kier alpha value is -2.44. The molecular formula is C16H19N5O2. The van der Waals surface area contributed by atoms with Crippen LogP contribution in [0.2, 0.25) is 0 Å². The number of amides is 2. The summed E-state index contributed by atoms with van der Waals surface area (Å²) >= 11 is 0. The zero-order valence-electron chi connectivity index (χ0n) is 13.0. The van der Waals surface area contributed by atoms with Gasteiger partial charge in [-0.15, -0.1) is 0 Å². The van der Waals surface area contributed by atoms with E-state index >= 15 is 0 Å². The zero-order chi connectivity index (χ0) is 16.0. The molecule has 7 heteroatoms. The van der Waals surface area contributed by atoms with Crippen LogP contribution in [-0.4, -0.2) is 50.9 Å². The highest BCUT2D eigenvalue weighted by Gasteiger charge is 2.41. The number of nitrogens with zero attached hydrogens (tertiary/aromatic N) is 4. The monoisotopic (exact) mass is 313 g/mol. The molecule has 2 amide bonds. The highest BCUT2D eigenvalue weighted by molar-refractivity contribution is 5.93. The minimum absolute atomic E-state index is 0.0518. The van der Waals surface area contributed by atoms with Gasteiger partial charge in [-0.05, 0) is 36.8 Å². The van der Waals surface area contributed by atoms with Crippen LogP contribution in [0.5, 0.6) is 0 Å². The highest BCUT2D eigenvalue weighted by Crippen LogP contribution is 2.38. The first-order chi connectivity index (χ1) is 11.1. The first kappa shape index (κ1) is 14.2. The van der Waals surface area contributed by atoms with Crippen molar-refractivity contribution in [3.05, 3.63) is 30.2 Å². The Labute approximate surface area is 133 Å². The van der Waals surface area contributed by atoms with Gasteiger partial charge < -0.3 is 10.2 Å². The van der Waals surface area contributed by atoms with Crippen LogP contribution in [-0.2, 0) is 4.79 Å². The van der Waals surface area contributed by atoms with Crippen molar-refractivity contribution in [3.63, 3.8) is 0 Å². The number of piperidine rings is 1. The lowest BCUT2D eigenvalue weighted by molar-refractivity contribution is -0.124.